The molecular weight excluding hydrogens is 262 g/mol. The van der Waals surface area contributed by atoms with Gasteiger partial charge >= 0.3 is 5.97 Å². The van der Waals surface area contributed by atoms with Crippen LogP contribution in [0.25, 0.3) is 0 Å². The normalized spacial score (nSPS) is 11.5. The summed E-state index contributed by atoms with van der Waals surface area (Å²) < 4.78 is 4.39. The Kier molecular flexibility index (Phi) is 7.44. The standard InChI is InChI=1S/C10H12BrNO3/c1-3-4-8(9(13)5-11)6-12-7-10(14)15-2/h3-4,6H,1,5,7H2,2H3/b8-4+,12-6-. The Morgan fingerprint density at radius 3 is 2.67 bits per heavy atom. The number of hydrogen-bond acceptors (Lipinski definition) is 4. The second-order valence-corrected chi connectivity index (χ2v) is 3.02. The van der Waals surface area contributed by atoms with Gasteiger partial charge in [-0.2, -0.15) is 0 Å². The summed E-state index contributed by atoms with van der Waals surface area (Å²) in [7, 11) is 1.28. The van der Waals surface area contributed by atoms with E-state index in [1.165, 1.54) is 25.5 Å². The van der Waals surface area contributed by atoms with Crippen LogP contribution in [0.5, 0.6) is 0 Å². The number of ether oxygens (including phenoxy) is 1. The number of halogens is 1. The molecule has 0 unspecified atom stereocenters. The van der Waals surface area contributed by atoms with Crippen LogP contribution in [-0.2, 0) is 14.3 Å². The molecule has 0 aromatic carbocycles. The summed E-state index contributed by atoms with van der Waals surface area (Å²) in [4.78, 5) is 25.8. The fourth-order valence-corrected chi connectivity index (χ4v) is 1.02. The van der Waals surface area contributed by atoms with Crippen molar-refractivity contribution < 1.29 is 14.3 Å². The summed E-state index contributed by atoms with van der Waals surface area (Å²) in [6.07, 6.45) is 4.35. The molecule has 0 aromatic heterocycles. The van der Waals surface area contributed by atoms with Gasteiger partial charge in [-0.3, -0.25) is 14.6 Å². The number of rotatable bonds is 6. The lowest BCUT2D eigenvalue weighted by atomic mass is 10.2. The summed E-state index contributed by atoms with van der Waals surface area (Å²) in [5, 5.41) is 0.205. The highest BCUT2D eigenvalue weighted by molar-refractivity contribution is 9.09. The topological polar surface area (TPSA) is 55.7 Å². The van der Waals surface area contributed by atoms with E-state index in [1.54, 1.807) is 0 Å². The van der Waals surface area contributed by atoms with E-state index in [0.717, 1.165) is 0 Å². The van der Waals surface area contributed by atoms with Gasteiger partial charge in [0.2, 0.25) is 0 Å². The molecule has 0 aliphatic carbocycles. The van der Waals surface area contributed by atoms with Gasteiger partial charge in [0, 0.05) is 11.8 Å². The van der Waals surface area contributed by atoms with Crippen LogP contribution in [0.3, 0.4) is 0 Å². The van der Waals surface area contributed by atoms with Gasteiger partial charge in [0.1, 0.15) is 6.54 Å². The predicted octanol–water partition coefficient (Wildman–Crippen LogP) is 1.31. The lowest BCUT2D eigenvalue weighted by molar-refractivity contribution is -0.138. The molecule has 0 aliphatic heterocycles. The Labute approximate surface area is 96.8 Å². The number of ketones is 1. The van der Waals surface area contributed by atoms with Crippen molar-refractivity contribution in [2.45, 2.75) is 0 Å². The minimum Gasteiger partial charge on any atom is -0.468 e. The van der Waals surface area contributed by atoms with E-state index in [4.69, 9.17) is 0 Å². The van der Waals surface area contributed by atoms with Crippen molar-refractivity contribution in [2.75, 3.05) is 19.0 Å². The minimum absolute atomic E-state index is 0.0967. The van der Waals surface area contributed by atoms with Crippen LogP contribution in [0, 0.1) is 0 Å². The monoisotopic (exact) mass is 273 g/mol. The Morgan fingerprint density at radius 1 is 1.53 bits per heavy atom. The molecule has 0 rings (SSSR count). The van der Waals surface area contributed by atoms with Crippen molar-refractivity contribution in [1.29, 1.82) is 0 Å². The van der Waals surface area contributed by atoms with Crippen molar-refractivity contribution in [3.63, 3.8) is 0 Å². The molecule has 0 heterocycles. The van der Waals surface area contributed by atoms with Crippen molar-refractivity contribution in [2.24, 2.45) is 4.99 Å². The second kappa shape index (κ2) is 8.11. The lowest BCUT2D eigenvalue weighted by Gasteiger charge is -1.96. The van der Waals surface area contributed by atoms with Crippen LogP contribution >= 0.6 is 15.9 Å². The molecule has 0 aromatic rings. The minimum atomic E-state index is -0.449. The van der Waals surface area contributed by atoms with Gasteiger partial charge in [-0.05, 0) is 0 Å². The Hall–Kier alpha value is -1.23. The highest BCUT2D eigenvalue weighted by Crippen LogP contribution is 1.97. The quantitative estimate of drug-likeness (QED) is 0.241. The maximum absolute atomic E-state index is 11.3. The number of nitrogens with zero attached hydrogens (tertiary/aromatic N) is 1. The fraction of sp³-hybridized carbons (Fsp3) is 0.300. The predicted molar refractivity (Wildman–Crippen MR) is 62.5 cm³/mol. The average molecular weight is 274 g/mol. The molecule has 0 bridgehead atoms. The molecule has 82 valence electrons. The highest BCUT2D eigenvalue weighted by atomic mass is 79.9. The first-order valence-electron chi connectivity index (χ1n) is 4.14. The van der Waals surface area contributed by atoms with Gasteiger partial charge in [0.05, 0.1) is 12.4 Å². The van der Waals surface area contributed by atoms with Crippen LogP contribution in [-0.4, -0.2) is 37.0 Å². The zero-order valence-electron chi connectivity index (χ0n) is 8.40. The number of Topliss-reactive ketones (excluding diaryl/α,β-unsaturated/α-hetero) is 1. The molecule has 0 saturated heterocycles. The van der Waals surface area contributed by atoms with Crippen molar-refractivity contribution in [3.8, 4) is 0 Å². The van der Waals surface area contributed by atoms with E-state index in [0.29, 0.717) is 5.57 Å². The third-order valence-corrected chi connectivity index (χ3v) is 1.93. The maximum Gasteiger partial charge on any atom is 0.327 e. The lowest BCUT2D eigenvalue weighted by Crippen LogP contribution is -2.08. The molecule has 0 N–H and O–H groups in total. The van der Waals surface area contributed by atoms with Crippen molar-refractivity contribution >= 4 is 33.9 Å². The van der Waals surface area contributed by atoms with Crippen LogP contribution in [0.15, 0.2) is 29.3 Å². The van der Waals surface area contributed by atoms with Crippen molar-refractivity contribution in [3.05, 3.63) is 24.3 Å². The summed E-state index contributed by atoms with van der Waals surface area (Å²) in [6, 6.07) is 0. The number of carbonyl (C=O) groups excluding carboxylic acids is 2. The first-order valence-corrected chi connectivity index (χ1v) is 5.26. The van der Waals surface area contributed by atoms with E-state index >= 15 is 0 Å². The molecule has 5 heteroatoms. The SMILES string of the molecule is C=C/C=C(\C=N/CC(=O)OC)C(=O)CBr. The van der Waals surface area contributed by atoms with Gasteiger partial charge in [-0.25, -0.2) is 0 Å². The van der Waals surface area contributed by atoms with Crippen LogP contribution < -0.4 is 0 Å². The Balaban J connectivity index is 4.42. The van der Waals surface area contributed by atoms with Gasteiger partial charge in [0.15, 0.2) is 5.78 Å². The van der Waals surface area contributed by atoms with Crippen LogP contribution in [0.2, 0.25) is 0 Å². The zero-order valence-corrected chi connectivity index (χ0v) is 9.99. The van der Waals surface area contributed by atoms with E-state index in [2.05, 4.69) is 32.2 Å². The molecule has 0 fully saturated rings. The Morgan fingerprint density at radius 2 is 2.20 bits per heavy atom. The molecule has 0 aliphatic rings. The summed E-state index contributed by atoms with van der Waals surface area (Å²) in [5.41, 5.74) is 0.394. The largest absolute Gasteiger partial charge is 0.468 e. The average Bonchev–Trinajstić information content (AvgIpc) is 2.26. The highest BCUT2D eigenvalue weighted by Gasteiger charge is 2.04. The number of esters is 1. The third-order valence-electron chi connectivity index (χ3n) is 1.42. The molecule has 4 nitrogen and oxygen atoms in total. The van der Waals surface area contributed by atoms with Crippen LogP contribution in [0.1, 0.15) is 0 Å². The van der Waals surface area contributed by atoms with Gasteiger partial charge in [-0.1, -0.05) is 34.7 Å². The van der Waals surface area contributed by atoms with E-state index in [-0.39, 0.29) is 17.7 Å². The van der Waals surface area contributed by atoms with Gasteiger partial charge in [-0.15, -0.1) is 0 Å². The van der Waals surface area contributed by atoms with E-state index in [1.807, 2.05) is 0 Å². The van der Waals surface area contributed by atoms with E-state index < -0.39 is 5.97 Å². The van der Waals surface area contributed by atoms with Crippen LogP contribution in [0.4, 0.5) is 0 Å². The first kappa shape index (κ1) is 13.8. The Bertz CT molecular complexity index is 308. The number of alkyl halides is 1. The number of allylic oxidation sites excluding steroid dienone is 3. The summed E-state index contributed by atoms with van der Waals surface area (Å²) >= 11 is 3.04. The summed E-state index contributed by atoms with van der Waals surface area (Å²) in [6.45, 7) is 3.38. The first-order chi connectivity index (χ1) is 7.15. The molecule has 0 amide bonds. The zero-order chi connectivity index (χ0) is 11.7. The van der Waals surface area contributed by atoms with E-state index in [9.17, 15) is 9.59 Å². The molecule has 0 radical (unpaired) electrons. The number of carbonyl (C=O) groups is 2. The van der Waals surface area contributed by atoms with Gasteiger partial charge in [0.25, 0.3) is 0 Å². The van der Waals surface area contributed by atoms with Crippen molar-refractivity contribution in [1.82, 2.24) is 0 Å². The number of hydrogen-bond donors (Lipinski definition) is 0. The maximum atomic E-state index is 11.3. The molecule has 0 saturated carbocycles. The summed E-state index contributed by atoms with van der Waals surface area (Å²) in [5.74, 6) is -0.570. The number of methoxy groups -OCH3 is 1. The smallest absolute Gasteiger partial charge is 0.327 e. The molecule has 15 heavy (non-hydrogen) atoms. The third kappa shape index (κ3) is 5.96. The fourth-order valence-electron chi connectivity index (χ4n) is 0.695. The second-order valence-electron chi connectivity index (χ2n) is 2.46. The molecule has 0 spiro atoms. The number of aliphatic imine (C=N–C) groups is 1. The molecular formula is C10H12BrNO3. The molecule has 0 atom stereocenters. The van der Waals surface area contributed by atoms with Gasteiger partial charge < -0.3 is 4.74 Å².